The Morgan fingerprint density at radius 2 is 1.94 bits per heavy atom. The van der Waals surface area contributed by atoms with Gasteiger partial charge in [0.25, 0.3) is 0 Å². The molecule has 0 radical (unpaired) electrons. The minimum Gasteiger partial charge on any atom is -0.495 e. The lowest BCUT2D eigenvalue weighted by Crippen LogP contribution is -2.43. The highest BCUT2D eigenvalue weighted by Gasteiger charge is 2.35. The Hall–Kier alpha value is -1.80. The van der Waals surface area contributed by atoms with Crippen LogP contribution in [-0.4, -0.2) is 38.8 Å². The number of halogens is 2. The summed E-state index contributed by atoms with van der Waals surface area (Å²) in [5.41, 5.74) is 1.35. The summed E-state index contributed by atoms with van der Waals surface area (Å²) < 4.78 is 33.6. The average Bonchev–Trinajstić information content (AvgIpc) is 2.75. The standard InChI is InChI=1S/C22H26Cl2N2O4S/c1-14(2)15-6-9-20(30-3)21(11-15)31(28,29)26-10-4-5-16(13-26)22(27)25-19-8-7-17(23)12-18(19)24/h6-9,11-12,14,16H,4-5,10,13H2,1-3H3,(H,25,27)/t16-/m1/s1. The molecule has 3 rings (SSSR count). The van der Waals surface area contributed by atoms with Crippen molar-refractivity contribution < 1.29 is 17.9 Å². The minimum atomic E-state index is -3.83. The molecule has 0 saturated carbocycles. The zero-order valence-electron chi connectivity index (χ0n) is 17.7. The van der Waals surface area contributed by atoms with E-state index in [0.29, 0.717) is 40.9 Å². The number of carbonyl (C=O) groups is 1. The molecular formula is C22H26Cl2N2O4S. The van der Waals surface area contributed by atoms with Gasteiger partial charge in [0, 0.05) is 18.1 Å². The predicted octanol–water partition coefficient (Wildman–Crippen LogP) is 5.16. The van der Waals surface area contributed by atoms with Crippen LogP contribution in [0, 0.1) is 5.92 Å². The molecule has 0 unspecified atom stereocenters. The Kier molecular flexibility index (Phi) is 7.52. The summed E-state index contributed by atoms with van der Waals surface area (Å²) >= 11 is 12.1. The number of ether oxygens (including phenoxy) is 1. The Labute approximate surface area is 193 Å². The number of hydrogen-bond donors (Lipinski definition) is 1. The molecule has 1 heterocycles. The molecule has 9 heteroatoms. The van der Waals surface area contributed by atoms with Crippen LogP contribution in [0.1, 0.15) is 38.2 Å². The van der Waals surface area contributed by atoms with Gasteiger partial charge in [-0.3, -0.25) is 4.79 Å². The van der Waals surface area contributed by atoms with E-state index in [9.17, 15) is 13.2 Å². The molecular weight excluding hydrogens is 459 g/mol. The lowest BCUT2D eigenvalue weighted by Gasteiger charge is -2.31. The summed E-state index contributed by atoms with van der Waals surface area (Å²) in [7, 11) is -2.38. The van der Waals surface area contributed by atoms with Crippen LogP contribution >= 0.6 is 23.2 Å². The van der Waals surface area contributed by atoms with Gasteiger partial charge in [-0.05, 0) is 54.7 Å². The molecule has 2 aromatic rings. The van der Waals surface area contributed by atoms with Gasteiger partial charge in [-0.1, -0.05) is 43.1 Å². The molecule has 31 heavy (non-hydrogen) atoms. The maximum absolute atomic E-state index is 13.4. The lowest BCUT2D eigenvalue weighted by molar-refractivity contribution is -0.120. The fraction of sp³-hybridized carbons (Fsp3) is 0.409. The third-order valence-electron chi connectivity index (χ3n) is 5.42. The first kappa shape index (κ1) is 23.9. The van der Waals surface area contributed by atoms with Gasteiger partial charge in [-0.25, -0.2) is 8.42 Å². The van der Waals surface area contributed by atoms with Gasteiger partial charge >= 0.3 is 0 Å². The average molecular weight is 485 g/mol. The van der Waals surface area contributed by atoms with Crippen molar-refractivity contribution in [1.29, 1.82) is 0 Å². The molecule has 0 spiro atoms. The normalized spacial score (nSPS) is 17.5. The molecule has 0 bridgehead atoms. The van der Waals surface area contributed by atoms with E-state index in [-0.39, 0.29) is 23.3 Å². The molecule has 1 atom stereocenters. The van der Waals surface area contributed by atoms with E-state index in [2.05, 4.69) is 5.32 Å². The Bertz CT molecular complexity index is 1070. The Morgan fingerprint density at radius 1 is 1.19 bits per heavy atom. The molecule has 2 aromatic carbocycles. The first-order valence-corrected chi connectivity index (χ1v) is 12.3. The predicted molar refractivity (Wildman–Crippen MR) is 124 cm³/mol. The quantitative estimate of drug-likeness (QED) is 0.613. The van der Waals surface area contributed by atoms with Crippen molar-refractivity contribution in [2.45, 2.75) is 37.5 Å². The number of benzene rings is 2. The van der Waals surface area contributed by atoms with E-state index in [1.807, 2.05) is 19.9 Å². The molecule has 1 amide bonds. The molecule has 0 aromatic heterocycles. The van der Waals surface area contributed by atoms with Crippen molar-refractivity contribution in [3.05, 3.63) is 52.0 Å². The third-order valence-corrected chi connectivity index (χ3v) is 7.85. The Balaban J connectivity index is 1.82. The number of carbonyl (C=O) groups excluding carboxylic acids is 1. The number of sulfonamides is 1. The maximum atomic E-state index is 13.4. The largest absolute Gasteiger partial charge is 0.495 e. The fourth-order valence-corrected chi connectivity index (χ4v) is 5.76. The van der Waals surface area contributed by atoms with Gasteiger partial charge in [0.2, 0.25) is 15.9 Å². The number of piperidine rings is 1. The molecule has 6 nitrogen and oxygen atoms in total. The molecule has 0 aliphatic carbocycles. The van der Waals surface area contributed by atoms with Gasteiger partial charge in [0.15, 0.2) is 0 Å². The van der Waals surface area contributed by atoms with Crippen molar-refractivity contribution in [2.24, 2.45) is 5.92 Å². The van der Waals surface area contributed by atoms with Gasteiger partial charge in [-0.2, -0.15) is 4.31 Å². The number of amides is 1. The number of hydrogen-bond acceptors (Lipinski definition) is 4. The molecule has 1 aliphatic rings. The van der Waals surface area contributed by atoms with E-state index in [4.69, 9.17) is 27.9 Å². The second-order valence-electron chi connectivity index (χ2n) is 7.88. The topological polar surface area (TPSA) is 75.7 Å². The summed E-state index contributed by atoms with van der Waals surface area (Å²) in [4.78, 5) is 13.0. The maximum Gasteiger partial charge on any atom is 0.246 e. The SMILES string of the molecule is COc1ccc(C(C)C)cc1S(=O)(=O)N1CCC[C@@H](C(=O)Nc2ccc(Cl)cc2Cl)C1. The van der Waals surface area contributed by atoms with Crippen LogP contribution in [0.3, 0.4) is 0 Å². The third kappa shape index (κ3) is 5.34. The summed E-state index contributed by atoms with van der Waals surface area (Å²) in [5, 5.41) is 3.59. The van der Waals surface area contributed by atoms with E-state index in [1.165, 1.54) is 11.4 Å². The lowest BCUT2D eigenvalue weighted by atomic mass is 9.98. The summed E-state index contributed by atoms with van der Waals surface area (Å²) in [6.07, 6.45) is 1.17. The number of nitrogens with one attached hydrogen (secondary N) is 1. The number of anilines is 1. The van der Waals surface area contributed by atoms with E-state index < -0.39 is 15.9 Å². The van der Waals surface area contributed by atoms with Crippen molar-refractivity contribution in [1.82, 2.24) is 4.31 Å². The second kappa shape index (κ2) is 9.77. The van der Waals surface area contributed by atoms with Crippen molar-refractivity contribution in [3.8, 4) is 5.75 Å². The first-order valence-electron chi connectivity index (χ1n) is 10.1. The van der Waals surface area contributed by atoms with Crippen LogP contribution in [0.15, 0.2) is 41.3 Å². The van der Waals surface area contributed by atoms with E-state index in [1.54, 1.807) is 30.3 Å². The van der Waals surface area contributed by atoms with Crippen LogP contribution in [0.4, 0.5) is 5.69 Å². The van der Waals surface area contributed by atoms with Crippen LogP contribution in [0.5, 0.6) is 5.75 Å². The van der Waals surface area contributed by atoms with E-state index in [0.717, 1.165) is 5.56 Å². The van der Waals surface area contributed by atoms with Gasteiger partial charge < -0.3 is 10.1 Å². The van der Waals surface area contributed by atoms with Crippen LogP contribution < -0.4 is 10.1 Å². The summed E-state index contributed by atoms with van der Waals surface area (Å²) in [5.74, 6) is -0.297. The molecule has 1 aliphatic heterocycles. The summed E-state index contributed by atoms with van der Waals surface area (Å²) in [6, 6.07) is 10.0. The fourth-order valence-electron chi connectivity index (χ4n) is 3.59. The van der Waals surface area contributed by atoms with Crippen molar-refractivity contribution in [3.63, 3.8) is 0 Å². The van der Waals surface area contributed by atoms with Gasteiger partial charge in [-0.15, -0.1) is 0 Å². The monoisotopic (exact) mass is 484 g/mol. The minimum absolute atomic E-state index is 0.0917. The van der Waals surface area contributed by atoms with Crippen molar-refractivity contribution in [2.75, 3.05) is 25.5 Å². The highest BCUT2D eigenvalue weighted by atomic mass is 35.5. The van der Waals surface area contributed by atoms with Crippen molar-refractivity contribution >= 4 is 44.8 Å². The zero-order chi connectivity index (χ0) is 22.8. The molecule has 1 N–H and O–H groups in total. The highest BCUT2D eigenvalue weighted by Crippen LogP contribution is 2.33. The van der Waals surface area contributed by atoms with Crippen LogP contribution in [-0.2, 0) is 14.8 Å². The second-order valence-corrected chi connectivity index (χ2v) is 10.6. The molecule has 168 valence electrons. The van der Waals surface area contributed by atoms with Crippen LogP contribution in [0.2, 0.25) is 10.0 Å². The molecule has 1 fully saturated rings. The number of methoxy groups -OCH3 is 1. The zero-order valence-corrected chi connectivity index (χ0v) is 20.0. The first-order chi connectivity index (χ1) is 14.6. The molecule has 1 saturated heterocycles. The van der Waals surface area contributed by atoms with E-state index >= 15 is 0 Å². The number of rotatable bonds is 6. The smallest absolute Gasteiger partial charge is 0.246 e. The Morgan fingerprint density at radius 3 is 2.58 bits per heavy atom. The van der Waals surface area contributed by atoms with Gasteiger partial charge in [0.1, 0.15) is 10.6 Å². The highest BCUT2D eigenvalue weighted by molar-refractivity contribution is 7.89. The summed E-state index contributed by atoms with van der Waals surface area (Å²) in [6.45, 7) is 4.44. The number of nitrogens with zero attached hydrogens (tertiary/aromatic N) is 1. The van der Waals surface area contributed by atoms with Gasteiger partial charge in [0.05, 0.1) is 23.7 Å². The van der Waals surface area contributed by atoms with Crippen LogP contribution in [0.25, 0.3) is 0 Å².